The summed E-state index contributed by atoms with van der Waals surface area (Å²) in [5.74, 6) is 0.513. The first-order chi connectivity index (χ1) is 9.24. The number of aliphatic imine (C=N–C) groups is 1. The standard InChI is InChI=1S/C16H15ClN2.ClH/c17-15-9-6-14(7-10-15)12-19-16(18)11-8-13-4-2-1-3-5-13;/h1-11H,12H2,(H2,18,19);1H/b11-8+;. The van der Waals surface area contributed by atoms with Gasteiger partial charge in [-0.15, -0.1) is 12.4 Å². The molecule has 0 aliphatic heterocycles. The number of nitrogens with zero attached hydrogens (tertiary/aromatic N) is 1. The third-order valence-electron chi connectivity index (χ3n) is 2.60. The summed E-state index contributed by atoms with van der Waals surface area (Å²) in [6.07, 6.45) is 3.76. The first-order valence-corrected chi connectivity index (χ1v) is 6.39. The zero-order valence-electron chi connectivity index (χ0n) is 10.9. The molecule has 0 radical (unpaired) electrons. The molecule has 0 fully saturated rings. The highest BCUT2D eigenvalue weighted by atomic mass is 35.5. The minimum absolute atomic E-state index is 0. The van der Waals surface area contributed by atoms with Crippen LogP contribution in [0.5, 0.6) is 0 Å². The molecule has 4 heteroatoms. The highest BCUT2D eigenvalue weighted by Crippen LogP contribution is 2.10. The van der Waals surface area contributed by atoms with Gasteiger partial charge in [0.05, 0.1) is 6.54 Å². The monoisotopic (exact) mass is 306 g/mol. The van der Waals surface area contributed by atoms with Gasteiger partial charge in [0.25, 0.3) is 0 Å². The molecule has 0 aliphatic rings. The Morgan fingerprint density at radius 2 is 1.70 bits per heavy atom. The Morgan fingerprint density at radius 1 is 1.05 bits per heavy atom. The fraction of sp³-hybridized carbons (Fsp3) is 0.0625. The van der Waals surface area contributed by atoms with E-state index in [4.69, 9.17) is 17.3 Å². The predicted molar refractivity (Wildman–Crippen MR) is 89.5 cm³/mol. The van der Waals surface area contributed by atoms with Crippen molar-refractivity contribution >= 4 is 35.9 Å². The van der Waals surface area contributed by atoms with E-state index in [1.807, 2.05) is 66.7 Å². The molecular weight excluding hydrogens is 291 g/mol. The van der Waals surface area contributed by atoms with Gasteiger partial charge < -0.3 is 5.73 Å². The number of hydrogen-bond acceptors (Lipinski definition) is 1. The zero-order valence-corrected chi connectivity index (χ0v) is 12.4. The second kappa shape index (κ2) is 8.41. The van der Waals surface area contributed by atoms with Crippen molar-refractivity contribution in [2.75, 3.05) is 0 Å². The molecule has 2 N–H and O–H groups in total. The van der Waals surface area contributed by atoms with E-state index in [0.29, 0.717) is 12.4 Å². The molecule has 0 aliphatic carbocycles. The molecule has 0 saturated heterocycles. The molecule has 0 bridgehead atoms. The molecule has 2 aromatic carbocycles. The van der Waals surface area contributed by atoms with Gasteiger partial charge in [-0.1, -0.05) is 60.1 Å². The van der Waals surface area contributed by atoms with Crippen LogP contribution in [0.4, 0.5) is 0 Å². The zero-order chi connectivity index (χ0) is 13.5. The minimum atomic E-state index is 0. The first kappa shape index (κ1) is 16.3. The van der Waals surface area contributed by atoms with Crippen molar-refractivity contribution < 1.29 is 0 Å². The van der Waals surface area contributed by atoms with E-state index in [9.17, 15) is 0 Å². The molecule has 2 aromatic rings. The van der Waals surface area contributed by atoms with Crippen LogP contribution in [0.25, 0.3) is 6.08 Å². The summed E-state index contributed by atoms with van der Waals surface area (Å²) in [6.45, 7) is 0.558. The summed E-state index contributed by atoms with van der Waals surface area (Å²) >= 11 is 5.82. The van der Waals surface area contributed by atoms with Crippen LogP contribution in [-0.2, 0) is 6.54 Å². The summed E-state index contributed by atoms with van der Waals surface area (Å²) < 4.78 is 0. The normalized spacial score (nSPS) is 11.3. The van der Waals surface area contributed by atoms with Crippen LogP contribution >= 0.6 is 24.0 Å². The van der Waals surface area contributed by atoms with E-state index < -0.39 is 0 Å². The van der Waals surface area contributed by atoms with Gasteiger partial charge in [-0.2, -0.15) is 0 Å². The van der Waals surface area contributed by atoms with Crippen molar-refractivity contribution in [3.63, 3.8) is 0 Å². The fourth-order valence-electron chi connectivity index (χ4n) is 1.57. The summed E-state index contributed by atoms with van der Waals surface area (Å²) in [7, 11) is 0. The number of rotatable bonds is 4. The minimum Gasteiger partial charge on any atom is -0.384 e. The summed E-state index contributed by atoms with van der Waals surface area (Å²) in [5.41, 5.74) is 8.02. The predicted octanol–water partition coefficient (Wildman–Crippen LogP) is 4.33. The third-order valence-corrected chi connectivity index (χ3v) is 2.86. The van der Waals surface area contributed by atoms with E-state index in [1.54, 1.807) is 0 Å². The lowest BCUT2D eigenvalue weighted by atomic mass is 10.2. The van der Waals surface area contributed by atoms with Gasteiger partial charge >= 0.3 is 0 Å². The maximum absolute atomic E-state index is 5.84. The van der Waals surface area contributed by atoms with Gasteiger partial charge in [0.2, 0.25) is 0 Å². The Labute approximate surface area is 130 Å². The number of nitrogens with two attached hydrogens (primary N) is 1. The van der Waals surface area contributed by atoms with Gasteiger partial charge in [-0.3, -0.25) is 4.99 Å². The SMILES string of the molecule is Cl.NC(/C=C/c1ccccc1)=NCc1ccc(Cl)cc1. The molecule has 0 unspecified atom stereocenters. The van der Waals surface area contributed by atoms with Crippen LogP contribution in [0.1, 0.15) is 11.1 Å². The van der Waals surface area contributed by atoms with Crippen LogP contribution < -0.4 is 5.73 Å². The second-order valence-electron chi connectivity index (χ2n) is 4.11. The van der Waals surface area contributed by atoms with Crippen LogP contribution in [0.15, 0.2) is 65.7 Å². The number of amidine groups is 1. The lowest BCUT2D eigenvalue weighted by Crippen LogP contribution is -2.07. The number of halogens is 2. The molecule has 2 nitrogen and oxygen atoms in total. The Bertz CT molecular complexity index is 575. The Hall–Kier alpha value is -1.77. The van der Waals surface area contributed by atoms with Crippen LogP contribution in [0.3, 0.4) is 0 Å². The summed E-state index contributed by atoms with van der Waals surface area (Å²) in [6, 6.07) is 17.6. The van der Waals surface area contributed by atoms with Gasteiger partial charge in [0.1, 0.15) is 5.84 Å². The number of benzene rings is 2. The second-order valence-corrected chi connectivity index (χ2v) is 4.55. The van der Waals surface area contributed by atoms with E-state index in [0.717, 1.165) is 16.1 Å². The van der Waals surface area contributed by atoms with Gasteiger partial charge in [-0.25, -0.2) is 0 Å². The fourth-order valence-corrected chi connectivity index (χ4v) is 1.70. The maximum Gasteiger partial charge on any atom is 0.118 e. The molecule has 104 valence electrons. The molecule has 0 heterocycles. The van der Waals surface area contributed by atoms with Gasteiger partial charge in [0, 0.05) is 5.02 Å². The van der Waals surface area contributed by atoms with Crippen molar-refractivity contribution in [3.05, 3.63) is 76.8 Å². The maximum atomic E-state index is 5.84. The van der Waals surface area contributed by atoms with Crippen molar-refractivity contribution in [2.45, 2.75) is 6.54 Å². The number of hydrogen-bond donors (Lipinski definition) is 1. The smallest absolute Gasteiger partial charge is 0.118 e. The Balaban J connectivity index is 0.00000200. The average molecular weight is 307 g/mol. The molecule has 0 amide bonds. The molecule has 2 rings (SSSR count). The van der Waals surface area contributed by atoms with E-state index in [2.05, 4.69) is 4.99 Å². The molecule has 0 spiro atoms. The van der Waals surface area contributed by atoms with E-state index in [1.165, 1.54) is 0 Å². The molecule has 0 saturated carbocycles. The highest BCUT2D eigenvalue weighted by molar-refractivity contribution is 6.30. The average Bonchev–Trinajstić information content (AvgIpc) is 2.45. The molecular formula is C16H16Cl2N2. The third kappa shape index (κ3) is 5.47. The van der Waals surface area contributed by atoms with Crippen LogP contribution in [0.2, 0.25) is 5.02 Å². The molecule has 0 atom stereocenters. The van der Waals surface area contributed by atoms with E-state index >= 15 is 0 Å². The largest absolute Gasteiger partial charge is 0.384 e. The lowest BCUT2D eigenvalue weighted by molar-refractivity contribution is 1.06. The van der Waals surface area contributed by atoms with Crippen LogP contribution in [0, 0.1) is 0 Å². The van der Waals surface area contributed by atoms with Crippen molar-refractivity contribution in [1.82, 2.24) is 0 Å². The topological polar surface area (TPSA) is 38.4 Å². The quantitative estimate of drug-likeness (QED) is 0.662. The van der Waals surface area contributed by atoms with Gasteiger partial charge in [-0.05, 0) is 29.3 Å². The summed E-state index contributed by atoms with van der Waals surface area (Å²) in [5, 5.41) is 0.727. The molecule has 0 aromatic heterocycles. The van der Waals surface area contributed by atoms with Crippen LogP contribution in [-0.4, -0.2) is 5.84 Å². The van der Waals surface area contributed by atoms with Crippen molar-refractivity contribution in [2.24, 2.45) is 10.7 Å². The van der Waals surface area contributed by atoms with E-state index in [-0.39, 0.29) is 12.4 Å². The van der Waals surface area contributed by atoms with Gasteiger partial charge in [0.15, 0.2) is 0 Å². The highest BCUT2D eigenvalue weighted by Gasteiger charge is 1.92. The Kier molecular flexibility index (Phi) is 6.85. The Morgan fingerprint density at radius 3 is 2.35 bits per heavy atom. The van der Waals surface area contributed by atoms with Crippen molar-refractivity contribution in [3.8, 4) is 0 Å². The summed E-state index contributed by atoms with van der Waals surface area (Å²) in [4.78, 5) is 4.30. The van der Waals surface area contributed by atoms with Crippen molar-refractivity contribution in [1.29, 1.82) is 0 Å². The first-order valence-electron chi connectivity index (χ1n) is 6.01. The lowest BCUT2D eigenvalue weighted by Gasteiger charge is -1.98. The molecule has 20 heavy (non-hydrogen) atoms.